The summed E-state index contributed by atoms with van der Waals surface area (Å²) in [7, 11) is 0. The van der Waals surface area contributed by atoms with E-state index in [1.807, 2.05) is 0 Å². The quantitative estimate of drug-likeness (QED) is 0.643. The van der Waals surface area contributed by atoms with Crippen LogP contribution >= 0.6 is 0 Å². The van der Waals surface area contributed by atoms with Crippen molar-refractivity contribution in [1.29, 1.82) is 0 Å². The highest BCUT2D eigenvalue weighted by Gasteiger charge is 2.25. The molecule has 1 saturated carbocycles. The van der Waals surface area contributed by atoms with E-state index in [0.29, 0.717) is 11.8 Å². The molecule has 0 saturated heterocycles. The SMILES string of the molecule is NCC1CCCC1CCF. The molecule has 0 spiro atoms. The van der Waals surface area contributed by atoms with Gasteiger partial charge in [-0.25, -0.2) is 0 Å². The van der Waals surface area contributed by atoms with Gasteiger partial charge in [0.2, 0.25) is 0 Å². The average Bonchev–Trinajstić information content (AvgIpc) is 2.36. The molecular formula is C8H16FN. The zero-order valence-electron chi connectivity index (χ0n) is 6.35. The molecule has 1 nitrogen and oxygen atoms in total. The van der Waals surface area contributed by atoms with Crippen molar-refractivity contribution in [1.82, 2.24) is 0 Å². The van der Waals surface area contributed by atoms with Crippen molar-refractivity contribution in [3.63, 3.8) is 0 Å². The van der Waals surface area contributed by atoms with Gasteiger partial charge in [-0.15, -0.1) is 0 Å². The molecule has 60 valence electrons. The molecule has 2 atom stereocenters. The minimum Gasteiger partial charge on any atom is -0.330 e. The molecule has 1 fully saturated rings. The number of nitrogens with two attached hydrogens (primary N) is 1. The van der Waals surface area contributed by atoms with E-state index < -0.39 is 0 Å². The largest absolute Gasteiger partial charge is 0.330 e. The zero-order valence-corrected chi connectivity index (χ0v) is 6.35. The van der Waals surface area contributed by atoms with Crippen molar-refractivity contribution >= 4 is 0 Å². The lowest BCUT2D eigenvalue weighted by Gasteiger charge is -2.15. The second kappa shape index (κ2) is 3.91. The van der Waals surface area contributed by atoms with E-state index in [-0.39, 0.29) is 6.67 Å². The van der Waals surface area contributed by atoms with Gasteiger partial charge in [0.25, 0.3) is 0 Å². The van der Waals surface area contributed by atoms with Gasteiger partial charge in [0.1, 0.15) is 0 Å². The summed E-state index contributed by atoms with van der Waals surface area (Å²) in [6, 6.07) is 0. The Kier molecular flexibility index (Phi) is 3.13. The van der Waals surface area contributed by atoms with Gasteiger partial charge in [-0.2, -0.15) is 0 Å². The summed E-state index contributed by atoms with van der Waals surface area (Å²) in [5, 5.41) is 0. The van der Waals surface area contributed by atoms with Crippen LogP contribution in [0.4, 0.5) is 4.39 Å². The standard InChI is InChI=1S/C8H16FN/c9-5-4-7-2-1-3-8(7)6-10/h7-8H,1-6,10H2. The summed E-state index contributed by atoms with van der Waals surface area (Å²) in [6.07, 6.45) is 4.42. The Labute approximate surface area is 61.8 Å². The fourth-order valence-electron chi connectivity index (χ4n) is 1.94. The second-order valence-corrected chi connectivity index (χ2v) is 3.16. The van der Waals surface area contributed by atoms with Crippen LogP contribution in [0.25, 0.3) is 0 Å². The monoisotopic (exact) mass is 145 g/mol. The highest BCUT2D eigenvalue weighted by molar-refractivity contribution is 4.77. The maximum absolute atomic E-state index is 11.9. The van der Waals surface area contributed by atoms with Crippen LogP contribution in [0.2, 0.25) is 0 Å². The molecule has 0 aromatic carbocycles. The Morgan fingerprint density at radius 1 is 1.30 bits per heavy atom. The van der Waals surface area contributed by atoms with E-state index in [0.717, 1.165) is 13.0 Å². The van der Waals surface area contributed by atoms with Gasteiger partial charge in [0.15, 0.2) is 0 Å². The minimum atomic E-state index is -0.166. The zero-order chi connectivity index (χ0) is 7.40. The number of hydrogen-bond acceptors (Lipinski definition) is 1. The van der Waals surface area contributed by atoms with Crippen LogP contribution in [-0.2, 0) is 0 Å². The Bertz CT molecular complexity index is 95.3. The summed E-state index contributed by atoms with van der Waals surface area (Å²) in [6.45, 7) is 0.589. The Morgan fingerprint density at radius 3 is 2.60 bits per heavy atom. The Balaban J connectivity index is 2.27. The van der Waals surface area contributed by atoms with E-state index in [1.54, 1.807) is 0 Å². The van der Waals surface area contributed by atoms with Gasteiger partial charge < -0.3 is 5.73 Å². The number of halogens is 1. The predicted octanol–water partition coefficient (Wildman–Crippen LogP) is 1.72. The molecule has 1 aliphatic carbocycles. The van der Waals surface area contributed by atoms with Crippen LogP contribution in [0, 0.1) is 11.8 Å². The molecule has 2 heteroatoms. The molecule has 2 unspecified atom stereocenters. The Hall–Kier alpha value is -0.110. The fraction of sp³-hybridized carbons (Fsp3) is 1.00. The predicted molar refractivity (Wildman–Crippen MR) is 40.5 cm³/mol. The summed E-state index contributed by atoms with van der Waals surface area (Å²) in [5.74, 6) is 1.21. The van der Waals surface area contributed by atoms with E-state index in [2.05, 4.69) is 0 Å². The van der Waals surface area contributed by atoms with Crippen molar-refractivity contribution in [3.05, 3.63) is 0 Å². The van der Waals surface area contributed by atoms with E-state index >= 15 is 0 Å². The number of alkyl halides is 1. The lowest BCUT2D eigenvalue weighted by Crippen LogP contribution is -2.18. The van der Waals surface area contributed by atoms with Gasteiger partial charge in [-0.3, -0.25) is 4.39 Å². The van der Waals surface area contributed by atoms with Crippen LogP contribution in [-0.4, -0.2) is 13.2 Å². The van der Waals surface area contributed by atoms with Crippen molar-refractivity contribution in [2.45, 2.75) is 25.7 Å². The van der Waals surface area contributed by atoms with E-state index in [9.17, 15) is 4.39 Å². The smallest absolute Gasteiger partial charge is 0.0897 e. The van der Waals surface area contributed by atoms with Crippen LogP contribution in [0.5, 0.6) is 0 Å². The molecule has 0 amide bonds. The molecule has 0 aromatic heterocycles. The topological polar surface area (TPSA) is 26.0 Å². The molecule has 1 rings (SSSR count). The summed E-state index contributed by atoms with van der Waals surface area (Å²) in [4.78, 5) is 0. The maximum atomic E-state index is 11.9. The molecule has 0 heterocycles. The van der Waals surface area contributed by atoms with Crippen molar-refractivity contribution in [2.24, 2.45) is 17.6 Å². The van der Waals surface area contributed by atoms with Crippen LogP contribution < -0.4 is 5.73 Å². The highest BCUT2D eigenvalue weighted by Crippen LogP contribution is 2.33. The summed E-state index contributed by atoms with van der Waals surface area (Å²) in [5.41, 5.74) is 5.53. The van der Waals surface area contributed by atoms with Gasteiger partial charge in [-0.1, -0.05) is 12.8 Å². The number of hydrogen-bond donors (Lipinski definition) is 1. The summed E-state index contributed by atoms with van der Waals surface area (Å²) < 4.78 is 11.9. The lowest BCUT2D eigenvalue weighted by atomic mass is 9.94. The molecule has 0 aliphatic heterocycles. The first kappa shape index (κ1) is 7.99. The lowest BCUT2D eigenvalue weighted by molar-refractivity contribution is 0.325. The third-order valence-corrected chi connectivity index (χ3v) is 2.60. The second-order valence-electron chi connectivity index (χ2n) is 3.16. The number of rotatable bonds is 3. The molecule has 10 heavy (non-hydrogen) atoms. The third-order valence-electron chi connectivity index (χ3n) is 2.60. The Morgan fingerprint density at radius 2 is 2.00 bits per heavy atom. The van der Waals surface area contributed by atoms with Gasteiger partial charge in [0, 0.05) is 0 Å². The van der Waals surface area contributed by atoms with Crippen molar-refractivity contribution in [2.75, 3.05) is 13.2 Å². The van der Waals surface area contributed by atoms with Crippen molar-refractivity contribution in [3.8, 4) is 0 Å². The first-order valence-electron chi connectivity index (χ1n) is 4.14. The molecule has 1 aliphatic rings. The maximum Gasteiger partial charge on any atom is 0.0897 e. The molecule has 0 aromatic rings. The first-order valence-corrected chi connectivity index (χ1v) is 4.14. The van der Waals surface area contributed by atoms with Gasteiger partial charge in [-0.05, 0) is 31.2 Å². The van der Waals surface area contributed by atoms with E-state index in [4.69, 9.17) is 5.73 Å². The molecule has 2 N–H and O–H groups in total. The fourth-order valence-corrected chi connectivity index (χ4v) is 1.94. The van der Waals surface area contributed by atoms with E-state index in [1.165, 1.54) is 19.3 Å². The molecule has 0 bridgehead atoms. The normalized spacial score (nSPS) is 33.0. The third kappa shape index (κ3) is 1.69. The van der Waals surface area contributed by atoms with Crippen molar-refractivity contribution < 1.29 is 4.39 Å². The van der Waals surface area contributed by atoms with Crippen LogP contribution in [0.15, 0.2) is 0 Å². The molecular weight excluding hydrogens is 129 g/mol. The average molecular weight is 145 g/mol. The highest BCUT2D eigenvalue weighted by atomic mass is 19.1. The van der Waals surface area contributed by atoms with Crippen LogP contribution in [0.1, 0.15) is 25.7 Å². The van der Waals surface area contributed by atoms with Gasteiger partial charge in [0.05, 0.1) is 6.67 Å². The first-order chi connectivity index (χ1) is 4.88. The van der Waals surface area contributed by atoms with Crippen LogP contribution in [0.3, 0.4) is 0 Å². The minimum absolute atomic E-state index is 0.166. The summed E-state index contributed by atoms with van der Waals surface area (Å²) >= 11 is 0. The molecule has 0 radical (unpaired) electrons. The van der Waals surface area contributed by atoms with Gasteiger partial charge >= 0.3 is 0 Å².